The largest absolute Gasteiger partial charge is 0.332 e. The van der Waals surface area contributed by atoms with Gasteiger partial charge in [-0.05, 0) is 17.9 Å². The Morgan fingerprint density at radius 3 is 2.17 bits per heavy atom. The molecule has 0 radical (unpaired) electrons. The summed E-state index contributed by atoms with van der Waals surface area (Å²) in [6.07, 6.45) is 0.655. The van der Waals surface area contributed by atoms with Crippen molar-refractivity contribution >= 4 is 16.0 Å². The summed E-state index contributed by atoms with van der Waals surface area (Å²) in [6.45, 7) is 15.7. The van der Waals surface area contributed by atoms with E-state index in [0.717, 1.165) is 5.84 Å². The number of nitrogens with zero attached hydrogens (tertiary/aromatic N) is 2. The van der Waals surface area contributed by atoms with Crippen LogP contribution in [-0.4, -0.2) is 37.8 Å². The van der Waals surface area contributed by atoms with E-state index in [-0.39, 0.29) is 22.9 Å². The van der Waals surface area contributed by atoms with Gasteiger partial charge in [0.05, 0.1) is 6.04 Å². The van der Waals surface area contributed by atoms with Gasteiger partial charge in [0.25, 0.3) is 10.2 Å². The summed E-state index contributed by atoms with van der Waals surface area (Å²) in [6, 6.07) is -0.112. The molecule has 2 heterocycles. The third kappa shape index (κ3) is 3.95. The van der Waals surface area contributed by atoms with Crippen LogP contribution >= 0.6 is 0 Å². The fourth-order valence-corrected chi connectivity index (χ4v) is 4.36. The van der Waals surface area contributed by atoms with Gasteiger partial charge < -0.3 is 4.90 Å². The Labute approximate surface area is 140 Å². The van der Waals surface area contributed by atoms with Crippen LogP contribution in [0.3, 0.4) is 0 Å². The second-order valence-corrected chi connectivity index (χ2v) is 9.99. The average Bonchev–Trinajstić information content (AvgIpc) is 2.63. The molecule has 6 nitrogen and oxygen atoms in total. The number of nitrogens with one attached hydrogen (secondary N) is 1. The fourth-order valence-electron chi connectivity index (χ4n) is 3.74. The quantitative estimate of drug-likeness (QED) is 0.804. The minimum Gasteiger partial charge on any atom is -0.332 e. The lowest BCUT2D eigenvalue weighted by Crippen LogP contribution is -2.45. The van der Waals surface area contributed by atoms with Crippen molar-refractivity contribution in [1.82, 2.24) is 9.62 Å². The molecule has 0 bridgehead atoms. The Kier molecular flexibility index (Phi) is 4.46. The Morgan fingerprint density at radius 1 is 1.17 bits per heavy atom. The number of hydrogen-bond acceptors (Lipinski definition) is 4. The van der Waals surface area contributed by atoms with E-state index in [1.54, 1.807) is 0 Å². The van der Waals surface area contributed by atoms with Crippen LogP contribution in [0.15, 0.2) is 16.3 Å². The van der Waals surface area contributed by atoms with Gasteiger partial charge in [-0.2, -0.15) is 13.1 Å². The van der Waals surface area contributed by atoms with Crippen molar-refractivity contribution in [1.29, 1.82) is 0 Å². The van der Waals surface area contributed by atoms with Crippen LogP contribution in [0.4, 0.5) is 0 Å². The Balaban J connectivity index is 2.48. The van der Waals surface area contributed by atoms with Crippen molar-refractivity contribution in [2.75, 3.05) is 6.54 Å². The number of aliphatic imine (C=N–C) groups is 1. The molecule has 0 aromatic heterocycles. The number of amidine groups is 1. The summed E-state index contributed by atoms with van der Waals surface area (Å²) in [7, 11) is -3.71. The molecule has 0 unspecified atom stereocenters. The van der Waals surface area contributed by atoms with E-state index in [2.05, 4.69) is 58.1 Å². The molecule has 0 aromatic carbocycles. The summed E-state index contributed by atoms with van der Waals surface area (Å²) < 4.78 is 25.4. The third-order valence-electron chi connectivity index (χ3n) is 4.28. The maximum Gasteiger partial charge on any atom is 0.274 e. The van der Waals surface area contributed by atoms with Gasteiger partial charge in [0.1, 0.15) is 5.84 Å². The molecule has 132 valence electrons. The zero-order valence-electron chi connectivity index (χ0n) is 15.3. The highest BCUT2D eigenvalue weighted by Gasteiger charge is 2.42. The topological polar surface area (TPSA) is 87.8 Å². The molecule has 2 aliphatic rings. The zero-order valence-corrected chi connectivity index (χ0v) is 16.1. The molecule has 0 aliphatic carbocycles. The van der Waals surface area contributed by atoms with Crippen LogP contribution in [0, 0.1) is 10.8 Å². The van der Waals surface area contributed by atoms with Crippen LogP contribution < -0.4 is 9.86 Å². The van der Waals surface area contributed by atoms with Crippen molar-refractivity contribution in [3.63, 3.8) is 0 Å². The first-order valence-corrected chi connectivity index (χ1v) is 9.64. The molecular formula is C16H30N4O2S. The predicted octanol–water partition coefficient (Wildman–Crippen LogP) is 2.00. The third-order valence-corrected chi connectivity index (χ3v) is 4.94. The van der Waals surface area contributed by atoms with Crippen molar-refractivity contribution in [2.45, 2.75) is 67.0 Å². The van der Waals surface area contributed by atoms with E-state index in [9.17, 15) is 8.42 Å². The summed E-state index contributed by atoms with van der Waals surface area (Å²) >= 11 is 0. The van der Waals surface area contributed by atoms with Crippen LogP contribution in [0.1, 0.15) is 54.9 Å². The van der Waals surface area contributed by atoms with E-state index < -0.39 is 10.2 Å². The summed E-state index contributed by atoms with van der Waals surface area (Å²) in [4.78, 5) is 7.15. The summed E-state index contributed by atoms with van der Waals surface area (Å²) in [5.74, 6) is 1.02. The average molecular weight is 343 g/mol. The van der Waals surface area contributed by atoms with Gasteiger partial charge in [0, 0.05) is 30.1 Å². The van der Waals surface area contributed by atoms with Crippen molar-refractivity contribution in [3.05, 3.63) is 11.3 Å². The number of fused-ring (bicyclic) bond motifs is 1. The van der Waals surface area contributed by atoms with E-state index in [0.29, 0.717) is 13.0 Å². The van der Waals surface area contributed by atoms with E-state index in [1.165, 1.54) is 11.3 Å². The van der Waals surface area contributed by atoms with Crippen molar-refractivity contribution < 1.29 is 8.42 Å². The van der Waals surface area contributed by atoms with Crippen LogP contribution in [-0.2, 0) is 10.2 Å². The second kappa shape index (κ2) is 5.57. The normalized spacial score (nSPS) is 26.4. The van der Waals surface area contributed by atoms with Crippen molar-refractivity contribution in [2.24, 2.45) is 21.0 Å². The Bertz CT molecular complexity index is 651. The zero-order chi connectivity index (χ0) is 17.8. The smallest absolute Gasteiger partial charge is 0.274 e. The molecule has 2 rings (SSSR count). The Hall–Kier alpha value is -0.920. The molecule has 1 saturated heterocycles. The minimum absolute atomic E-state index is 0.0175. The van der Waals surface area contributed by atoms with Gasteiger partial charge in [0.15, 0.2) is 0 Å². The highest BCUT2D eigenvalue weighted by molar-refractivity contribution is 7.87. The highest BCUT2D eigenvalue weighted by Crippen LogP contribution is 2.42. The molecule has 0 aromatic rings. The molecule has 0 spiro atoms. The first-order chi connectivity index (χ1) is 10.2. The summed E-state index contributed by atoms with van der Waals surface area (Å²) in [5.41, 5.74) is 2.37. The number of rotatable bonds is 2. The molecule has 3 N–H and O–H groups in total. The van der Waals surface area contributed by atoms with E-state index in [4.69, 9.17) is 10.1 Å². The number of hydrogen-bond donors (Lipinski definition) is 2. The molecular weight excluding hydrogens is 312 g/mol. The molecule has 0 saturated carbocycles. The van der Waals surface area contributed by atoms with Crippen LogP contribution in [0.2, 0.25) is 0 Å². The molecule has 2 atom stereocenters. The monoisotopic (exact) mass is 342 g/mol. The first kappa shape index (κ1) is 18.4. The number of nitrogens with two attached hydrogens (primary N) is 1. The van der Waals surface area contributed by atoms with Gasteiger partial charge >= 0.3 is 0 Å². The fraction of sp³-hybridized carbons (Fsp3) is 0.812. The SMILES string of the molecule is C[C@@H]1N=C(C(C)(C)C)N2C[C@H](NS(N)(=O)=O)CC2=C1C(C)(C)C. The molecule has 2 aliphatic heterocycles. The molecule has 7 heteroatoms. The summed E-state index contributed by atoms with van der Waals surface area (Å²) in [5, 5.41) is 5.17. The predicted molar refractivity (Wildman–Crippen MR) is 94.2 cm³/mol. The van der Waals surface area contributed by atoms with E-state index >= 15 is 0 Å². The van der Waals surface area contributed by atoms with Gasteiger partial charge in [-0.1, -0.05) is 41.5 Å². The highest BCUT2D eigenvalue weighted by atomic mass is 32.2. The van der Waals surface area contributed by atoms with Crippen molar-refractivity contribution in [3.8, 4) is 0 Å². The van der Waals surface area contributed by atoms with E-state index in [1.807, 2.05) is 0 Å². The standard InChI is InChI=1S/C16H30N4O2S/c1-10-13(15(2,3)4)12-8-11(19-23(17,21)22)9-20(12)14(18-10)16(5,6)7/h10-11,19H,8-9H2,1-7H3,(H2,17,21,22)/t10-,11+/m0/s1. The lowest BCUT2D eigenvalue weighted by Gasteiger charge is -2.41. The lowest BCUT2D eigenvalue weighted by atomic mass is 9.79. The van der Waals surface area contributed by atoms with Gasteiger partial charge in [-0.3, -0.25) is 4.99 Å². The molecule has 1 fully saturated rings. The van der Waals surface area contributed by atoms with Gasteiger partial charge in [-0.15, -0.1) is 0 Å². The van der Waals surface area contributed by atoms with Crippen LogP contribution in [0.5, 0.6) is 0 Å². The van der Waals surface area contributed by atoms with Crippen LogP contribution in [0.25, 0.3) is 0 Å². The maximum atomic E-state index is 11.4. The lowest BCUT2D eigenvalue weighted by molar-refractivity contribution is 0.393. The maximum absolute atomic E-state index is 11.4. The first-order valence-electron chi connectivity index (χ1n) is 8.09. The van der Waals surface area contributed by atoms with Gasteiger partial charge in [0.2, 0.25) is 0 Å². The van der Waals surface area contributed by atoms with Gasteiger partial charge in [-0.25, -0.2) is 5.14 Å². The molecule has 23 heavy (non-hydrogen) atoms. The minimum atomic E-state index is -3.71. The Morgan fingerprint density at radius 2 is 1.74 bits per heavy atom. The molecule has 0 amide bonds. The second-order valence-electron chi connectivity index (χ2n) is 8.66.